The molecule has 0 aliphatic heterocycles. The van der Waals surface area contributed by atoms with Gasteiger partial charge in [-0.1, -0.05) is 243 Å². The number of aryl methyl sites for hydroxylation is 1. The zero-order valence-corrected chi connectivity index (χ0v) is 70.2. The lowest BCUT2D eigenvalue weighted by atomic mass is 9.91. The lowest BCUT2D eigenvalue weighted by Crippen LogP contribution is -2.03. The maximum absolute atomic E-state index is 5.75. The van der Waals surface area contributed by atoms with Gasteiger partial charge in [-0.05, 0) is 263 Å². The molecule has 8 heteroatoms. The Hall–Kier alpha value is -16.7. The molecule has 0 fully saturated rings. The van der Waals surface area contributed by atoms with E-state index in [9.17, 15) is 0 Å². The van der Waals surface area contributed by atoms with Gasteiger partial charge in [-0.3, -0.25) is 0 Å². The highest BCUT2D eigenvalue weighted by atomic mass is 15.0. The van der Waals surface area contributed by atoms with E-state index in [2.05, 4.69) is 465 Å². The Bertz CT molecular complexity index is 8590. The van der Waals surface area contributed by atoms with E-state index in [0.717, 1.165) is 102 Å². The minimum atomic E-state index is 0.604. The van der Waals surface area contributed by atoms with Crippen molar-refractivity contribution in [2.45, 2.75) is 26.3 Å². The molecule has 25 aromatic rings. The highest BCUT2D eigenvalue weighted by Gasteiger charge is 2.25. The molecule has 0 radical (unpaired) electrons. The minimum Gasteiger partial charge on any atom is -0.337 e. The molecule has 0 unspecified atom stereocenters. The zero-order valence-electron chi connectivity index (χ0n) is 70.2. The Labute approximate surface area is 737 Å². The van der Waals surface area contributed by atoms with Crippen LogP contribution in [-0.4, -0.2) is 37.4 Å². The molecule has 0 saturated carbocycles. The largest absolute Gasteiger partial charge is 0.337 e. The van der Waals surface area contributed by atoms with Gasteiger partial charge in [-0.2, -0.15) is 0 Å². The van der Waals surface area contributed by atoms with Gasteiger partial charge >= 0.3 is 0 Å². The van der Waals surface area contributed by atoms with Crippen LogP contribution in [0.5, 0.6) is 0 Å². The molecule has 128 heavy (non-hydrogen) atoms. The Morgan fingerprint density at radius 3 is 0.906 bits per heavy atom. The molecule has 1 aliphatic rings. The van der Waals surface area contributed by atoms with E-state index in [4.69, 9.17) is 9.97 Å². The van der Waals surface area contributed by atoms with Crippen LogP contribution in [-0.2, 0) is 13.0 Å². The number of allylic oxidation sites excluding steroid dienone is 5. The van der Waals surface area contributed by atoms with Crippen LogP contribution in [0, 0.1) is 0 Å². The van der Waals surface area contributed by atoms with Crippen LogP contribution in [0.4, 0.5) is 0 Å². The van der Waals surface area contributed by atoms with Gasteiger partial charge in [0.1, 0.15) is 0 Å². The molecule has 1 aliphatic carbocycles. The molecular weight excluding hydrogens is 1550 g/mol. The van der Waals surface area contributed by atoms with Crippen molar-refractivity contribution in [2.75, 3.05) is 0 Å². The average Bonchev–Trinajstić information content (AvgIpc) is 1.68. The Kier molecular flexibility index (Phi) is 16.7. The Balaban J connectivity index is 0.583. The summed E-state index contributed by atoms with van der Waals surface area (Å²) < 4.78 is 14.5. The summed E-state index contributed by atoms with van der Waals surface area (Å²) in [5.74, 6) is 0.682. The summed E-state index contributed by atoms with van der Waals surface area (Å²) in [4.78, 5) is 11.3. The number of rotatable bonds is 14. The van der Waals surface area contributed by atoms with Crippen molar-refractivity contribution < 1.29 is 0 Å². The Morgan fingerprint density at radius 2 is 0.562 bits per heavy atom. The normalized spacial score (nSPS) is 12.7. The van der Waals surface area contributed by atoms with E-state index in [-0.39, 0.29) is 0 Å². The SMILES string of the molecule is C/C=C(\C=C/Cn1c2ccc(-c3ccc4c(c3)c3ccccc3n4-c3ccccc3)cc2c2cc(-c3ccc4c(c3)c3ccccc3n4-c3ccccc3)ccc21)c1nc(-c2ccc(-n3c4ccc(-c5ccc6c(c5)c5ccccc5n6-c5ccccc5)cc4c4cc(-c5ccc6c(c5)c5ccccc5n6-c5ccccc5)ccc43)cc2)c2c3c(ccc2n1)C=CCC3. The quantitative estimate of drug-likeness (QED) is 0.102. The van der Waals surface area contributed by atoms with E-state index in [1.807, 2.05) is 0 Å². The van der Waals surface area contributed by atoms with Crippen LogP contribution >= 0.6 is 0 Å². The molecule has 8 nitrogen and oxygen atoms in total. The third-order valence-corrected chi connectivity index (χ3v) is 27.1. The first kappa shape index (κ1) is 72.9. The predicted octanol–water partition coefficient (Wildman–Crippen LogP) is 31.2. The van der Waals surface area contributed by atoms with E-state index in [1.165, 1.54) is 153 Å². The van der Waals surface area contributed by atoms with E-state index < -0.39 is 0 Å². The molecular formula is C120H80N8. The molecule has 18 aromatic carbocycles. The number of nitrogens with zero attached hydrogens (tertiary/aromatic N) is 8. The summed E-state index contributed by atoms with van der Waals surface area (Å²) in [7, 11) is 0. The third-order valence-electron chi connectivity index (χ3n) is 27.1. The average molecular weight is 1630 g/mol. The van der Waals surface area contributed by atoms with E-state index in [1.54, 1.807) is 0 Å². The van der Waals surface area contributed by atoms with Crippen molar-refractivity contribution in [3.05, 3.63) is 442 Å². The van der Waals surface area contributed by atoms with E-state index in [0.29, 0.717) is 12.4 Å². The standard InChI is InChI=1S/C120H80N8/c1-2-76(27-25-67-123-106-59-48-79(81-50-61-112-97(68-81)93-37-17-21-41-108(93)124(112)87-28-7-3-8-29-87)72-101(106)102-73-80(49-60-107(102)123)82-51-62-113-98(69-82)94-38-18-22-42-109(94)125(113)88-30-9-4-10-31-88)120-121-105-58-47-77-26-15-16-36-92(77)118(105)119(122-120)78-45-56-91(57-46-78)128-116-65-54-85(83-52-63-114-99(70-83)95-39-19-23-43-110(95)126(114)89-32-11-5-12-33-89)74-103(116)104-75-86(55-66-117(104)128)84-53-64-115-100(71-84)96-40-20-24-44-111(96)127(115)90-34-13-6-14-35-90/h2-15,17-35,37-66,68-75H,16,36,67H2,1H3/b27-25-,76-2+. The highest BCUT2D eigenvalue weighted by molar-refractivity contribution is 6.18. The molecule has 7 aromatic heterocycles. The van der Waals surface area contributed by atoms with Crippen molar-refractivity contribution in [1.82, 2.24) is 37.4 Å². The van der Waals surface area contributed by atoms with Crippen molar-refractivity contribution in [3.8, 4) is 84.2 Å². The summed E-state index contributed by atoms with van der Waals surface area (Å²) in [6.07, 6.45) is 13.1. The summed E-state index contributed by atoms with van der Waals surface area (Å²) in [6, 6.07) is 148. The minimum absolute atomic E-state index is 0.604. The summed E-state index contributed by atoms with van der Waals surface area (Å²) in [5, 5.41) is 15.7. The fourth-order valence-corrected chi connectivity index (χ4v) is 21.2. The third kappa shape index (κ3) is 11.5. The van der Waals surface area contributed by atoms with Crippen molar-refractivity contribution in [2.24, 2.45) is 0 Å². The highest BCUT2D eigenvalue weighted by Crippen LogP contribution is 2.46. The maximum atomic E-state index is 5.75. The first-order valence-corrected chi connectivity index (χ1v) is 44.4. The second-order valence-corrected chi connectivity index (χ2v) is 34.1. The smallest absolute Gasteiger partial charge is 0.160 e. The monoisotopic (exact) mass is 1630 g/mol. The lowest BCUT2D eigenvalue weighted by Gasteiger charge is -2.18. The molecule has 0 amide bonds. The molecule has 0 bridgehead atoms. The van der Waals surface area contributed by atoms with Crippen molar-refractivity contribution in [1.29, 1.82) is 0 Å². The Morgan fingerprint density at radius 1 is 0.273 bits per heavy atom. The van der Waals surface area contributed by atoms with E-state index >= 15 is 0 Å². The summed E-state index contributed by atoms with van der Waals surface area (Å²) in [6.45, 7) is 2.72. The fraction of sp³-hybridized carbons (Fsp3) is 0.0333. The van der Waals surface area contributed by atoms with Crippen LogP contribution in [0.25, 0.3) is 238 Å². The number of fused-ring (bicyclic) bond motifs is 21. The number of benzene rings is 18. The lowest BCUT2D eigenvalue weighted by molar-refractivity contribution is 0.899. The van der Waals surface area contributed by atoms with Crippen LogP contribution in [0.3, 0.4) is 0 Å². The van der Waals surface area contributed by atoms with Crippen molar-refractivity contribution in [3.63, 3.8) is 0 Å². The van der Waals surface area contributed by atoms with Crippen LogP contribution < -0.4 is 0 Å². The van der Waals surface area contributed by atoms with Gasteiger partial charge in [0.25, 0.3) is 0 Å². The molecule has 0 N–H and O–H groups in total. The van der Waals surface area contributed by atoms with Gasteiger partial charge in [0.2, 0.25) is 0 Å². The van der Waals surface area contributed by atoms with Gasteiger partial charge in [0.05, 0.1) is 66.4 Å². The first-order chi connectivity index (χ1) is 63.4. The summed E-state index contributed by atoms with van der Waals surface area (Å²) in [5.41, 5.74) is 35.4. The number of hydrogen-bond donors (Lipinski definition) is 0. The topological polar surface area (TPSA) is 55.4 Å². The molecule has 0 atom stereocenters. The summed E-state index contributed by atoms with van der Waals surface area (Å²) >= 11 is 0. The zero-order chi connectivity index (χ0) is 84.2. The molecule has 0 spiro atoms. The number of hydrogen-bond acceptors (Lipinski definition) is 2. The number of para-hydroxylation sites is 8. The molecule has 600 valence electrons. The predicted molar refractivity (Wildman–Crippen MR) is 538 cm³/mol. The second-order valence-electron chi connectivity index (χ2n) is 34.1. The van der Waals surface area contributed by atoms with Crippen LogP contribution in [0.1, 0.15) is 30.3 Å². The van der Waals surface area contributed by atoms with Gasteiger partial charge in [-0.15, -0.1) is 0 Å². The van der Waals surface area contributed by atoms with Crippen LogP contribution in [0.2, 0.25) is 0 Å². The maximum Gasteiger partial charge on any atom is 0.160 e. The van der Waals surface area contributed by atoms with Crippen molar-refractivity contribution >= 4 is 153 Å². The van der Waals surface area contributed by atoms with Crippen LogP contribution in [0.15, 0.2) is 425 Å². The molecule has 26 rings (SSSR count). The molecule has 0 saturated heterocycles. The van der Waals surface area contributed by atoms with Gasteiger partial charge in [0.15, 0.2) is 5.82 Å². The number of aromatic nitrogens is 8. The van der Waals surface area contributed by atoms with Gasteiger partial charge in [0, 0.05) is 127 Å². The fourth-order valence-electron chi connectivity index (χ4n) is 21.2. The van der Waals surface area contributed by atoms with Gasteiger partial charge in [-0.25, -0.2) is 9.97 Å². The first-order valence-electron chi connectivity index (χ1n) is 44.4. The molecule has 7 heterocycles. The second kappa shape index (κ2) is 29.2. The van der Waals surface area contributed by atoms with Gasteiger partial charge < -0.3 is 27.4 Å².